The van der Waals surface area contributed by atoms with Gasteiger partial charge in [0.15, 0.2) is 17.3 Å². The van der Waals surface area contributed by atoms with Crippen LogP contribution in [0.2, 0.25) is 0 Å². The number of likely N-dealkylation sites (N-methyl/N-ethyl adjacent to an activating group) is 1. The van der Waals surface area contributed by atoms with E-state index in [1.165, 1.54) is 12.4 Å². The molecule has 1 saturated heterocycles. The fourth-order valence-corrected chi connectivity index (χ4v) is 4.20. The summed E-state index contributed by atoms with van der Waals surface area (Å²) in [6.07, 6.45) is 6.53. The molecule has 0 bridgehead atoms. The van der Waals surface area contributed by atoms with Gasteiger partial charge in [0.05, 0.1) is 5.69 Å². The Bertz CT molecular complexity index is 1420. The van der Waals surface area contributed by atoms with Crippen molar-refractivity contribution < 1.29 is 4.39 Å². The van der Waals surface area contributed by atoms with Gasteiger partial charge in [-0.05, 0) is 30.8 Å². The smallest absolute Gasteiger partial charge is 0.180 e. The zero-order valence-electron chi connectivity index (χ0n) is 17.4. The highest BCUT2D eigenvalue weighted by molar-refractivity contribution is 5.97. The van der Waals surface area contributed by atoms with Crippen LogP contribution in [0.4, 0.5) is 10.1 Å². The van der Waals surface area contributed by atoms with Crippen molar-refractivity contribution in [1.29, 1.82) is 0 Å². The van der Waals surface area contributed by atoms with Crippen LogP contribution in [0, 0.1) is 5.82 Å². The molecule has 0 radical (unpaired) electrons. The van der Waals surface area contributed by atoms with Crippen molar-refractivity contribution in [2.24, 2.45) is 0 Å². The van der Waals surface area contributed by atoms with Crippen molar-refractivity contribution in [3.63, 3.8) is 0 Å². The van der Waals surface area contributed by atoms with Gasteiger partial charge in [-0.1, -0.05) is 0 Å². The molecule has 1 fully saturated rings. The first-order valence-electron chi connectivity index (χ1n) is 10.4. The molecule has 9 nitrogen and oxygen atoms in total. The number of nitrogens with one attached hydrogen (secondary N) is 2. The van der Waals surface area contributed by atoms with Crippen molar-refractivity contribution in [3.8, 4) is 22.6 Å². The van der Waals surface area contributed by atoms with E-state index in [-0.39, 0.29) is 5.52 Å². The molecule has 1 aliphatic rings. The highest BCUT2D eigenvalue weighted by Gasteiger charge is 2.21. The number of aromatic amines is 2. The van der Waals surface area contributed by atoms with Crippen LogP contribution in [0.1, 0.15) is 0 Å². The van der Waals surface area contributed by atoms with Crippen LogP contribution in [0.15, 0.2) is 43.1 Å². The summed E-state index contributed by atoms with van der Waals surface area (Å²) >= 11 is 0. The molecule has 0 unspecified atom stereocenters. The van der Waals surface area contributed by atoms with Gasteiger partial charge in [-0.3, -0.25) is 5.10 Å². The molecule has 10 heteroatoms. The van der Waals surface area contributed by atoms with E-state index in [4.69, 9.17) is 0 Å². The summed E-state index contributed by atoms with van der Waals surface area (Å²) < 4.78 is 14.8. The lowest BCUT2D eigenvalue weighted by Gasteiger charge is -2.34. The van der Waals surface area contributed by atoms with Gasteiger partial charge < -0.3 is 14.8 Å². The van der Waals surface area contributed by atoms with Crippen molar-refractivity contribution in [3.05, 3.63) is 48.9 Å². The zero-order valence-corrected chi connectivity index (χ0v) is 17.4. The minimum absolute atomic E-state index is 0.258. The van der Waals surface area contributed by atoms with Gasteiger partial charge in [0.25, 0.3) is 0 Å². The summed E-state index contributed by atoms with van der Waals surface area (Å²) in [6, 6.07) is 5.32. The maximum absolute atomic E-state index is 14.8. The number of anilines is 1. The molecule has 0 aliphatic carbocycles. The van der Waals surface area contributed by atoms with Crippen molar-refractivity contribution in [2.45, 2.75) is 0 Å². The molecule has 4 aromatic heterocycles. The van der Waals surface area contributed by atoms with E-state index in [9.17, 15) is 4.39 Å². The summed E-state index contributed by atoms with van der Waals surface area (Å²) in [4.78, 5) is 25.2. The molecule has 0 atom stereocenters. The lowest BCUT2D eigenvalue weighted by atomic mass is 10.1. The van der Waals surface area contributed by atoms with Gasteiger partial charge >= 0.3 is 0 Å². The Kier molecular flexibility index (Phi) is 4.32. The van der Waals surface area contributed by atoms with E-state index in [0.29, 0.717) is 28.1 Å². The van der Waals surface area contributed by atoms with Gasteiger partial charge in [0.2, 0.25) is 0 Å². The number of aromatic nitrogens is 7. The molecule has 2 N–H and O–H groups in total. The average molecular weight is 429 g/mol. The number of hydrogen-bond acceptors (Lipinski definition) is 7. The lowest BCUT2D eigenvalue weighted by Crippen LogP contribution is -2.44. The molecule has 5 aromatic rings. The third-order valence-electron chi connectivity index (χ3n) is 5.96. The Morgan fingerprint density at radius 3 is 2.66 bits per heavy atom. The van der Waals surface area contributed by atoms with Crippen LogP contribution in [0.3, 0.4) is 0 Å². The number of halogens is 1. The van der Waals surface area contributed by atoms with Crippen molar-refractivity contribution >= 4 is 27.8 Å². The second-order valence-corrected chi connectivity index (χ2v) is 7.98. The van der Waals surface area contributed by atoms with Crippen LogP contribution >= 0.6 is 0 Å². The van der Waals surface area contributed by atoms with Gasteiger partial charge in [0.1, 0.15) is 23.1 Å². The molecule has 5 heterocycles. The van der Waals surface area contributed by atoms with Gasteiger partial charge in [-0.2, -0.15) is 5.10 Å². The zero-order chi connectivity index (χ0) is 21.7. The summed E-state index contributed by atoms with van der Waals surface area (Å²) in [5, 5.41) is 7.77. The van der Waals surface area contributed by atoms with Gasteiger partial charge in [0, 0.05) is 55.7 Å². The fourth-order valence-electron chi connectivity index (χ4n) is 4.20. The van der Waals surface area contributed by atoms with E-state index in [0.717, 1.165) is 42.9 Å². The molecule has 6 rings (SSSR count). The number of H-pyrrole nitrogens is 2. The largest absolute Gasteiger partial charge is 0.367 e. The Morgan fingerprint density at radius 1 is 1.03 bits per heavy atom. The average Bonchev–Trinajstić information content (AvgIpc) is 3.44. The Hall–Kier alpha value is -3.92. The Morgan fingerprint density at radius 2 is 1.84 bits per heavy atom. The van der Waals surface area contributed by atoms with Crippen molar-refractivity contribution in [1.82, 2.24) is 40.0 Å². The summed E-state index contributed by atoms with van der Waals surface area (Å²) in [7, 11) is 2.13. The molecule has 0 amide bonds. The van der Waals surface area contributed by atoms with E-state index < -0.39 is 5.82 Å². The first kappa shape index (κ1) is 18.8. The summed E-state index contributed by atoms with van der Waals surface area (Å²) in [5.74, 6) is 0.147. The number of benzene rings is 1. The molecule has 0 spiro atoms. The maximum Gasteiger partial charge on any atom is 0.180 e. The van der Waals surface area contributed by atoms with E-state index in [1.807, 2.05) is 12.1 Å². The predicted molar refractivity (Wildman–Crippen MR) is 120 cm³/mol. The molecule has 1 aliphatic heterocycles. The predicted octanol–water partition coefficient (Wildman–Crippen LogP) is 2.85. The van der Waals surface area contributed by atoms with E-state index in [1.54, 1.807) is 18.6 Å². The van der Waals surface area contributed by atoms with Gasteiger partial charge in [-0.25, -0.2) is 24.3 Å². The topological polar surface area (TPSA) is 103 Å². The molecule has 160 valence electrons. The number of pyridine rings is 1. The number of nitrogens with zero attached hydrogens (tertiary/aromatic N) is 7. The lowest BCUT2D eigenvalue weighted by molar-refractivity contribution is 0.313. The van der Waals surface area contributed by atoms with Crippen LogP contribution in [-0.4, -0.2) is 73.2 Å². The van der Waals surface area contributed by atoms with Crippen LogP contribution < -0.4 is 4.90 Å². The number of rotatable bonds is 3. The molecular weight excluding hydrogens is 409 g/mol. The number of hydrogen-bond donors (Lipinski definition) is 2. The van der Waals surface area contributed by atoms with Crippen molar-refractivity contribution in [2.75, 3.05) is 38.1 Å². The third kappa shape index (κ3) is 3.07. The second-order valence-electron chi connectivity index (χ2n) is 7.98. The second kappa shape index (κ2) is 7.34. The number of fused-ring (bicyclic) bond motifs is 2. The molecule has 32 heavy (non-hydrogen) atoms. The normalized spacial score (nSPS) is 15.1. The summed E-state index contributed by atoms with van der Waals surface area (Å²) in [6.45, 7) is 3.87. The first-order valence-corrected chi connectivity index (χ1v) is 10.4. The Balaban J connectivity index is 1.47. The van der Waals surface area contributed by atoms with Crippen LogP contribution in [0.5, 0.6) is 0 Å². The molecule has 0 saturated carbocycles. The standard InChI is InChI=1S/C22H20FN9/c1-31-4-6-32(7-5-31)17-2-3-26-21-20(17)27-22(28-21)19-15-8-13(14-10-24-12-25-11-14)9-16(23)18(15)29-30-19/h2-3,8-12H,4-7H2,1H3,(H,29,30)(H,26,27,28). The third-order valence-corrected chi connectivity index (χ3v) is 5.96. The summed E-state index contributed by atoms with van der Waals surface area (Å²) in [5.41, 5.74) is 4.82. The molecule has 1 aromatic carbocycles. The van der Waals surface area contributed by atoms with Crippen LogP contribution in [-0.2, 0) is 0 Å². The number of imidazole rings is 1. The Labute approximate surface area is 182 Å². The maximum atomic E-state index is 14.8. The SMILES string of the molecule is CN1CCN(c2ccnc3nc(-c4[nH]nc5c(F)cc(-c6cncnc6)cc45)[nH]c23)CC1. The highest BCUT2D eigenvalue weighted by Crippen LogP contribution is 2.33. The van der Waals surface area contributed by atoms with Gasteiger partial charge in [-0.15, -0.1) is 0 Å². The highest BCUT2D eigenvalue weighted by atomic mass is 19.1. The first-order chi connectivity index (χ1) is 15.7. The monoisotopic (exact) mass is 429 g/mol. The van der Waals surface area contributed by atoms with E-state index >= 15 is 0 Å². The van der Waals surface area contributed by atoms with Crippen LogP contribution in [0.25, 0.3) is 44.7 Å². The number of piperazine rings is 1. The quantitative estimate of drug-likeness (QED) is 0.455. The minimum atomic E-state index is -0.420. The van der Waals surface area contributed by atoms with E-state index in [2.05, 4.69) is 52.0 Å². The minimum Gasteiger partial charge on any atom is -0.367 e. The fraction of sp³-hybridized carbons (Fsp3) is 0.227. The molecular formula is C22H20FN9.